The molecule has 7 nitrogen and oxygen atoms in total. The molecule has 0 aromatic rings. The third-order valence-corrected chi connectivity index (χ3v) is 6.44. The van der Waals surface area contributed by atoms with Crippen molar-refractivity contribution < 1.29 is 9.59 Å². The minimum atomic E-state index is -0.192. The molecule has 0 bridgehead atoms. The molecule has 5 N–H and O–H groups in total. The number of nitrogens with two attached hydrogens (primary N) is 2. The normalized spacial score (nSPS) is 20.3. The molecule has 0 spiro atoms. The Hall–Kier alpha value is -1.18. The highest BCUT2D eigenvalue weighted by Crippen LogP contribution is 2.27. The van der Waals surface area contributed by atoms with Gasteiger partial charge in [-0.15, -0.1) is 0 Å². The van der Waals surface area contributed by atoms with Gasteiger partial charge in [0.1, 0.15) is 0 Å². The molecule has 0 aliphatic carbocycles. The van der Waals surface area contributed by atoms with Crippen molar-refractivity contribution in [2.45, 2.75) is 57.8 Å². The van der Waals surface area contributed by atoms with Crippen molar-refractivity contribution in [1.29, 1.82) is 0 Å². The maximum Gasteiger partial charge on any atom is 0.221 e. The number of primary amides is 1. The monoisotopic (exact) mass is 395 g/mol. The number of hydrogen-bond donors (Lipinski definition) is 3. The maximum atomic E-state index is 11.7. The molecule has 0 atom stereocenters. The fourth-order valence-electron chi connectivity index (χ4n) is 4.52. The highest BCUT2D eigenvalue weighted by molar-refractivity contribution is 5.76. The summed E-state index contributed by atoms with van der Waals surface area (Å²) in [6.45, 7) is 7.29. The molecule has 2 rings (SSSR count). The van der Waals surface area contributed by atoms with E-state index in [1.807, 2.05) is 0 Å². The molecule has 162 valence electrons. The molecule has 2 amide bonds. The second kappa shape index (κ2) is 13.1. The SMILES string of the molecule is NCCNC(=O)CCN1CCC(CCCC2CCN(CCC(N)=O)CC2)CC1. The minimum absolute atomic E-state index is 0.119. The van der Waals surface area contributed by atoms with Gasteiger partial charge in [-0.3, -0.25) is 9.59 Å². The Morgan fingerprint density at radius 1 is 0.857 bits per heavy atom. The molecule has 28 heavy (non-hydrogen) atoms. The number of hydrogen-bond acceptors (Lipinski definition) is 5. The molecule has 2 heterocycles. The van der Waals surface area contributed by atoms with Gasteiger partial charge in [0.05, 0.1) is 0 Å². The van der Waals surface area contributed by atoms with Crippen LogP contribution in [0.4, 0.5) is 0 Å². The average Bonchev–Trinajstić information content (AvgIpc) is 2.71. The first-order valence-corrected chi connectivity index (χ1v) is 11.3. The number of piperidine rings is 2. The molecule has 0 radical (unpaired) electrons. The number of nitrogens with zero attached hydrogens (tertiary/aromatic N) is 2. The Bertz CT molecular complexity index is 458. The Morgan fingerprint density at radius 2 is 1.36 bits per heavy atom. The predicted molar refractivity (Wildman–Crippen MR) is 113 cm³/mol. The third kappa shape index (κ3) is 9.34. The van der Waals surface area contributed by atoms with E-state index in [2.05, 4.69) is 15.1 Å². The first kappa shape index (κ1) is 23.1. The summed E-state index contributed by atoms with van der Waals surface area (Å²) in [5, 5.41) is 2.84. The van der Waals surface area contributed by atoms with Crippen molar-refractivity contribution in [2.75, 3.05) is 52.4 Å². The van der Waals surface area contributed by atoms with Crippen molar-refractivity contribution in [3.8, 4) is 0 Å². The molecule has 2 fully saturated rings. The van der Waals surface area contributed by atoms with Crippen LogP contribution in [0.5, 0.6) is 0 Å². The molecule has 0 aromatic heterocycles. The second-order valence-electron chi connectivity index (χ2n) is 8.61. The summed E-state index contributed by atoms with van der Waals surface area (Å²) in [4.78, 5) is 27.4. The quantitative estimate of drug-likeness (QED) is 0.456. The zero-order valence-electron chi connectivity index (χ0n) is 17.5. The molecule has 2 aliphatic rings. The van der Waals surface area contributed by atoms with E-state index in [1.165, 1.54) is 44.9 Å². The van der Waals surface area contributed by atoms with E-state index in [4.69, 9.17) is 11.5 Å². The van der Waals surface area contributed by atoms with E-state index in [-0.39, 0.29) is 11.8 Å². The van der Waals surface area contributed by atoms with Gasteiger partial charge >= 0.3 is 0 Å². The Balaban J connectivity index is 1.48. The Labute approximate surface area is 170 Å². The molecular formula is C21H41N5O2. The van der Waals surface area contributed by atoms with Crippen LogP contribution in [0, 0.1) is 11.8 Å². The van der Waals surface area contributed by atoms with Crippen LogP contribution in [0.3, 0.4) is 0 Å². The topological polar surface area (TPSA) is 105 Å². The zero-order chi connectivity index (χ0) is 20.2. The summed E-state index contributed by atoms with van der Waals surface area (Å²) in [6.07, 6.45) is 10.2. The van der Waals surface area contributed by atoms with Crippen LogP contribution in [0.15, 0.2) is 0 Å². The third-order valence-electron chi connectivity index (χ3n) is 6.44. The minimum Gasteiger partial charge on any atom is -0.370 e. The van der Waals surface area contributed by atoms with E-state index in [1.54, 1.807) is 0 Å². The highest BCUT2D eigenvalue weighted by Gasteiger charge is 2.22. The summed E-state index contributed by atoms with van der Waals surface area (Å²) in [5.41, 5.74) is 10.6. The van der Waals surface area contributed by atoms with E-state index >= 15 is 0 Å². The van der Waals surface area contributed by atoms with Crippen LogP contribution in [-0.2, 0) is 9.59 Å². The van der Waals surface area contributed by atoms with Crippen molar-refractivity contribution in [3.63, 3.8) is 0 Å². The van der Waals surface area contributed by atoms with Crippen molar-refractivity contribution >= 4 is 11.8 Å². The van der Waals surface area contributed by atoms with Gasteiger partial charge < -0.3 is 26.6 Å². The van der Waals surface area contributed by atoms with E-state index < -0.39 is 0 Å². The summed E-state index contributed by atoms with van der Waals surface area (Å²) < 4.78 is 0. The van der Waals surface area contributed by atoms with Crippen molar-refractivity contribution in [2.24, 2.45) is 23.3 Å². The van der Waals surface area contributed by atoms with Gasteiger partial charge in [-0.05, 0) is 63.7 Å². The number of likely N-dealkylation sites (tertiary alicyclic amines) is 2. The molecule has 2 aliphatic heterocycles. The largest absolute Gasteiger partial charge is 0.370 e. The molecule has 7 heteroatoms. The number of amides is 2. The predicted octanol–water partition coefficient (Wildman–Crippen LogP) is 0.921. The average molecular weight is 396 g/mol. The number of carbonyl (C=O) groups excluding carboxylic acids is 2. The highest BCUT2D eigenvalue weighted by atomic mass is 16.1. The van der Waals surface area contributed by atoms with Crippen LogP contribution < -0.4 is 16.8 Å². The van der Waals surface area contributed by atoms with Crippen LogP contribution in [-0.4, -0.2) is 74.0 Å². The number of carbonyl (C=O) groups is 2. The van der Waals surface area contributed by atoms with Crippen LogP contribution in [0.2, 0.25) is 0 Å². The first-order chi connectivity index (χ1) is 13.6. The van der Waals surface area contributed by atoms with Crippen LogP contribution in [0.25, 0.3) is 0 Å². The Morgan fingerprint density at radius 3 is 1.82 bits per heavy atom. The lowest BCUT2D eigenvalue weighted by Gasteiger charge is -2.33. The smallest absolute Gasteiger partial charge is 0.221 e. The lowest BCUT2D eigenvalue weighted by Crippen LogP contribution is -2.37. The van der Waals surface area contributed by atoms with E-state index in [9.17, 15) is 9.59 Å². The standard InChI is InChI=1S/C21H41N5O2/c22-10-11-24-21(28)9-17-26-14-6-19(7-15-26)3-1-2-18-4-12-25(13-5-18)16-8-20(23)27/h18-19H,1-17,22H2,(H2,23,27)(H,24,28). The fraction of sp³-hybridized carbons (Fsp3) is 0.905. The van der Waals surface area contributed by atoms with Crippen molar-refractivity contribution in [3.05, 3.63) is 0 Å². The molecule has 2 saturated heterocycles. The fourth-order valence-corrected chi connectivity index (χ4v) is 4.52. The summed E-state index contributed by atoms with van der Waals surface area (Å²) in [6, 6.07) is 0. The molecule has 0 unspecified atom stereocenters. The van der Waals surface area contributed by atoms with E-state index in [0.717, 1.165) is 51.1 Å². The molecule has 0 aromatic carbocycles. The second-order valence-corrected chi connectivity index (χ2v) is 8.61. The molecule has 0 saturated carbocycles. The van der Waals surface area contributed by atoms with Gasteiger partial charge in [0.2, 0.25) is 11.8 Å². The summed E-state index contributed by atoms with van der Waals surface area (Å²) in [7, 11) is 0. The molecular weight excluding hydrogens is 354 g/mol. The lowest BCUT2D eigenvalue weighted by molar-refractivity contribution is -0.121. The summed E-state index contributed by atoms with van der Waals surface area (Å²) in [5.74, 6) is 1.64. The van der Waals surface area contributed by atoms with Gasteiger partial charge in [-0.25, -0.2) is 0 Å². The first-order valence-electron chi connectivity index (χ1n) is 11.3. The van der Waals surface area contributed by atoms with Crippen LogP contribution in [0.1, 0.15) is 57.8 Å². The van der Waals surface area contributed by atoms with Crippen molar-refractivity contribution in [1.82, 2.24) is 15.1 Å². The number of rotatable bonds is 12. The van der Waals surface area contributed by atoms with Gasteiger partial charge in [-0.2, -0.15) is 0 Å². The lowest BCUT2D eigenvalue weighted by atomic mass is 9.87. The van der Waals surface area contributed by atoms with Gasteiger partial charge in [0, 0.05) is 39.0 Å². The van der Waals surface area contributed by atoms with E-state index in [0.29, 0.717) is 25.9 Å². The number of nitrogens with one attached hydrogen (secondary N) is 1. The van der Waals surface area contributed by atoms with Crippen LogP contribution >= 0.6 is 0 Å². The maximum absolute atomic E-state index is 11.7. The summed E-state index contributed by atoms with van der Waals surface area (Å²) >= 11 is 0. The zero-order valence-corrected chi connectivity index (χ0v) is 17.5. The Kier molecular flexibility index (Phi) is 10.8. The van der Waals surface area contributed by atoms with Gasteiger partial charge in [-0.1, -0.05) is 19.3 Å². The van der Waals surface area contributed by atoms with Gasteiger partial charge in [0.15, 0.2) is 0 Å². The van der Waals surface area contributed by atoms with Gasteiger partial charge in [0.25, 0.3) is 0 Å².